The van der Waals surface area contributed by atoms with Gasteiger partial charge in [-0.05, 0) is 48.3 Å². The van der Waals surface area contributed by atoms with Gasteiger partial charge in [-0.2, -0.15) is 13.2 Å². The number of halogens is 3. The first kappa shape index (κ1) is 29.9. The van der Waals surface area contributed by atoms with Crippen LogP contribution in [0.15, 0.2) is 29.5 Å². The van der Waals surface area contributed by atoms with Gasteiger partial charge < -0.3 is 19.7 Å². The van der Waals surface area contributed by atoms with E-state index >= 15 is 0 Å². The smallest absolute Gasteiger partial charge is 0.425 e. The second kappa shape index (κ2) is 11.4. The molecule has 1 aliphatic heterocycles. The zero-order valence-corrected chi connectivity index (χ0v) is 23.7. The Labute approximate surface area is 233 Å². The minimum atomic E-state index is -5.19. The number of amides is 2. The van der Waals surface area contributed by atoms with Crippen molar-refractivity contribution in [3.05, 3.63) is 35.0 Å². The predicted octanol–water partition coefficient (Wildman–Crippen LogP) is 5.51. The molecule has 4 rings (SSSR count). The molecule has 7 nitrogen and oxygen atoms in total. The van der Waals surface area contributed by atoms with Gasteiger partial charge in [0.25, 0.3) is 5.91 Å². The maximum absolute atomic E-state index is 15.0. The molecule has 1 N–H and O–H groups in total. The van der Waals surface area contributed by atoms with Crippen molar-refractivity contribution < 1.29 is 37.0 Å². The lowest BCUT2D eigenvalue weighted by atomic mass is 9.72. The van der Waals surface area contributed by atoms with Gasteiger partial charge in [-0.25, -0.2) is 0 Å². The van der Waals surface area contributed by atoms with Crippen molar-refractivity contribution in [2.45, 2.75) is 89.8 Å². The molecule has 1 atom stereocenters. The highest BCUT2D eigenvalue weighted by molar-refractivity contribution is 6.13. The van der Waals surface area contributed by atoms with E-state index in [1.807, 2.05) is 0 Å². The number of Topliss-reactive ketones (excluding diaryl/α,β-unsaturated/α-hetero) is 1. The van der Waals surface area contributed by atoms with E-state index in [0.717, 1.165) is 42.6 Å². The standard InChI is InChI=1S/C30H39F3N2O5/c1-28(2)17-21-26(22(36)18-28)29(30(31,32)33,34-25(37)13-11-19-8-6-5-7-9-19)27(38)35(21)15-14-20-10-12-23(39-3)24(16-20)40-4/h10,12,16,19H,5-9,11,13-15,17-18H2,1-4H3,(H,34,37)/t29-/m1/s1. The fourth-order valence-corrected chi connectivity index (χ4v) is 6.42. The van der Waals surface area contributed by atoms with Crippen molar-refractivity contribution in [2.24, 2.45) is 11.3 Å². The molecule has 0 saturated heterocycles. The van der Waals surface area contributed by atoms with E-state index in [2.05, 4.69) is 5.32 Å². The summed E-state index contributed by atoms with van der Waals surface area (Å²) in [5.74, 6) is -1.69. The molecule has 10 heteroatoms. The van der Waals surface area contributed by atoms with Gasteiger partial charge in [0, 0.05) is 25.1 Å². The minimum absolute atomic E-state index is 0.0524. The molecule has 220 valence electrons. The van der Waals surface area contributed by atoms with Crippen LogP contribution in [0, 0.1) is 11.3 Å². The quantitative estimate of drug-likeness (QED) is 0.428. The maximum atomic E-state index is 15.0. The average molecular weight is 565 g/mol. The number of hydrogen-bond acceptors (Lipinski definition) is 5. The third-order valence-electron chi connectivity index (χ3n) is 8.45. The van der Waals surface area contributed by atoms with Crippen molar-refractivity contribution in [2.75, 3.05) is 20.8 Å². The second-order valence-corrected chi connectivity index (χ2v) is 12.0. The Morgan fingerprint density at radius 3 is 2.35 bits per heavy atom. The predicted molar refractivity (Wildman–Crippen MR) is 143 cm³/mol. The summed E-state index contributed by atoms with van der Waals surface area (Å²) in [5, 5.41) is 2.07. The van der Waals surface area contributed by atoms with Crippen LogP contribution in [0.4, 0.5) is 13.2 Å². The number of carbonyl (C=O) groups is 3. The maximum Gasteiger partial charge on any atom is 0.425 e. The Balaban J connectivity index is 1.66. The molecule has 40 heavy (non-hydrogen) atoms. The average Bonchev–Trinajstić information content (AvgIpc) is 3.13. The zero-order valence-electron chi connectivity index (χ0n) is 23.7. The van der Waals surface area contributed by atoms with Crippen LogP contribution in [-0.2, 0) is 20.8 Å². The summed E-state index contributed by atoms with van der Waals surface area (Å²) in [6.45, 7) is 3.50. The molecule has 1 fully saturated rings. The van der Waals surface area contributed by atoms with Gasteiger partial charge in [0.2, 0.25) is 11.4 Å². The lowest BCUT2D eigenvalue weighted by molar-refractivity contribution is -0.194. The molecule has 1 aromatic rings. The number of hydrogen-bond donors (Lipinski definition) is 1. The van der Waals surface area contributed by atoms with E-state index in [4.69, 9.17) is 9.47 Å². The SMILES string of the molecule is COc1ccc(CCN2C(=O)[C@@](NC(=O)CCC3CCCCC3)(C(F)(F)F)C3=C2CC(C)(C)CC3=O)cc1OC. The van der Waals surface area contributed by atoms with Gasteiger partial charge in [-0.15, -0.1) is 0 Å². The molecule has 0 bridgehead atoms. The normalized spacial score (nSPS) is 23.3. The van der Waals surface area contributed by atoms with Crippen LogP contribution in [0.5, 0.6) is 11.5 Å². The number of nitrogens with zero attached hydrogens (tertiary/aromatic N) is 1. The highest BCUT2D eigenvalue weighted by Gasteiger charge is 2.71. The summed E-state index contributed by atoms with van der Waals surface area (Å²) in [6.07, 6.45) is 0.449. The van der Waals surface area contributed by atoms with E-state index in [1.165, 1.54) is 14.2 Å². The van der Waals surface area contributed by atoms with Crippen LogP contribution >= 0.6 is 0 Å². The molecule has 2 aliphatic carbocycles. The number of ketones is 1. The largest absolute Gasteiger partial charge is 0.493 e. The molecule has 1 heterocycles. The number of rotatable bonds is 9. The Bertz CT molecular complexity index is 1190. The molecule has 3 aliphatic rings. The van der Waals surface area contributed by atoms with Gasteiger partial charge in [0.15, 0.2) is 17.3 Å². The number of alkyl halides is 3. The van der Waals surface area contributed by atoms with Gasteiger partial charge in [-0.3, -0.25) is 14.4 Å². The summed E-state index contributed by atoms with van der Waals surface area (Å²) in [7, 11) is 2.98. The summed E-state index contributed by atoms with van der Waals surface area (Å²) >= 11 is 0. The molecule has 0 aromatic heterocycles. The van der Waals surface area contributed by atoms with Gasteiger partial charge in [-0.1, -0.05) is 52.0 Å². The third-order valence-corrected chi connectivity index (χ3v) is 8.45. The van der Waals surface area contributed by atoms with E-state index in [-0.39, 0.29) is 43.8 Å². The van der Waals surface area contributed by atoms with Crippen LogP contribution in [0.25, 0.3) is 0 Å². The number of ether oxygens (including phenoxy) is 2. The van der Waals surface area contributed by atoms with Crippen molar-refractivity contribution >= 4 is 17.6 Å². The molecule has 0 spiro atoms. The zero-order chi connectivity index (χ0) is 29.3. The fourth-order valence-electron chi connectivity index (χ4n) is 6.42. The lowest BCUT2D eigenvalue weighted by Crippen LogP contribution is -2.66. The second-order valence-electron chi connectivity index (χ2n) is 12.0. The van der Waals surface area contributed by atoms with Crippen molar-refractivity contribution in [1.29, 1.82) is 0 Å². The van der Waals surface area contributed by atoms with Crippen molar-refractivity contribution in [3.8, 4) is 11.5 Å². The van der Waals surface area contributed by atoms with Crippen LogP contribution in [0.1, 0.15) is 77.2 Å². The molecule has 1 saturated carbocycles. The molecular weight excluding hydrogens is 525 g/mol. The van der Waals surface area contributed by atoms with Crippen LogP contribution in [0.2, 0.25) is 0 Å². The third kappa shape index (κ3) is 5.72. The highest BCUT2D eigenvalue weighted by Crippen LogP contribution is 2.51. The monoisotopic (exact) mass is 564 g/mol. The number of methoxy groups -OCH3 is 2. The lowest BCUT2D eigenvalue weighted by Gasteiger charge is -2.35. The van der Waals surface area contributed by atoms with Gasteiger partial charge in [0.1, 0.15) is 0 Å². The molecule has 2 amide bonds. The molecule has 1 aromatic carbocycles. The summed E-state index contributed by atoms with van der Waals surface area (Å²) < 4.78 is 55.6. The van der Waals surface area contributed by atoms with Crippen LogP contribution in [0.3, 0.4) is 0 Å². The Morgan fingerprint density at radius 2 is 1.73 bits per heavy atom. The number of nitrogens with one attached hydrogen (secondary N) is 1. The van der Waals surface area contributed by atoms with Crippen LogP contribution in [-0.4, -0.2) is 55.0 Å². The molecule has 0 radical (unpaired) electrons. The Kier molecular flexibility index (Phi) is 8.57. The van der Waals surface area contributed by atoms with E-state index in [1.54, 1.807) is 32.0 Å². The topological polar surface area (TPSA) is 84.9 Å². The summed E-state index contributed by atoms with van der Waals surface area (Å²) in [6, 6.07) is 5.14. The van der Waals surface area contributed by atoms with E-state index in [9.17, 15) is 27.6 Å². The van der Waals surface area contributed by atoms with Gasteiger partial charge in [0.05, 0.1) is 19.8 Å². The Hall–Kier alpha value is -3.04. The number of benzene rings is 1. The number of allylic oxidation sites excluding steroid dienone is 1. The fraction of sp³-hybridized carbons (Fsp3) is 0.633. The minimum Gasteiger partial charge on any atom is -0.493 e. The van der Waals surface area contributed by atoms with E-state index in [0.29, 0.717) is 17.9 Å². The highest BCUT2D eigenvalue weighted by atomic mass is 19.4. The first-order valence-corrected chi connectivity index (χ1v) is 14.0. The number of carbonyl (C=O) groups excluding carboxylic acids is 3. The first-order valence-electron chi connectivity index (χ1n) is 14.0. The Morgan fingerprint density at radius 1 is 1.05 bits per heavy atom. The molecule has 0 unspecified atom stereocenters. The summed E-state index contributed by atoms with van der Waals surface area (Å²) in [4.78, 5) is 41.3. The van der Waals surface area contributed by atoms with Crippen molar-refractivity contribution in [1.82, 2.24) is 10.2 Å². The summed E-state index contributed by atoms with van der Waals surface area (Å²) in [5.41, 5.74) is -3.86. The molecular formula is C30H39F3N2O5. The first-order chi connectivity index (χ1) is 18.8. The van der Waals surface area contributed by atoms with E-state index < -0.39 is 40.3 Å². The van der Waals surface area contributed by atoms with Crippen molar-refractivity contribution in [3.63, 3.8) is 0 Å². The van der Waals surface area contributed by atoms with Crippen LogP contribution < -0.4 is 14.8 Å². The van der Waals surface area contributed by atoms with Gasteiger partial charge >= 0.3 is 6.18 Å².